The molecule has 0 saturated carbocycles. The lowest BCUT2D eigenvalue weighted by molar-refractivity contribution is -0.764. The van der Waals surface area contributed by atoms with Crippen molar-refractivity contribution in [2.75, 3.05) is 17.3 Å². The number of fused-ring (bicyclic) bond motifs is 3. The van der Waals surface area contributed by atoms with Crippen molar-refractivity contribution in [2.24, 2.45) is 0 Å². The Balaban J connectivity index is 1.98. The van der Waals surface area contributed by atoms with Gasteiger partial charge in [0.15, 0.2) is 11.5 Å². The van der Waals surface area contributed by atoms with Gasteiger partial charge in [0, 0.05) is 30.3 Å². The fourth-order valence-corrected chi connectivity index (χ4v) is 4.52. The summed E-state index contributed by atoms with van der Waals surface area (Å²) in [5, 5.41) is 18.1. The molecule has 4 rings (SSSR count). The van der Waals surface area contributed by atoms with Crippen LogP contribution in [0.25, 0.3) is 11.3 Å². The summed E-state index contributed by atoms with van der Waals surface area (Å²) in [6.45, 7) is 8.61. The van der Waals surface area contributed by atoms with E-state index in [-0.39, 0.29) is 22.5 Å². The van der Waals surface area contributed by atoms with E-state index in [2.05, 4.69) is 16.7 Å². The molecule has 1 aromatic heterocycles. The average molecular weight is 493 g/mol. The number of para-hydroxylation sites is 1. The summed E-state index contributed by atoms with van der Waals surface area (Å²) in [7, 11) is 0. The molecule has 180 valence electrons. The maximum atomic E-state index is 13.2. The first kappa shape index (κ1) is 24.2. The molecule has 2 heterocycles. The number of hydrogen-bond acceptors (Lipinski definition) is 8. The molecule has 1 aliphatic heterocycles. The predicted octanol–water partition coefficient (Wildman–Crippen LogP) is 3.02. The van der Waals surface area contributed by atoms with Crippen molar-refractivity contribution in [3.63, 3.8) is 0 Å². The van der Waals surface area contributed by atoms with E-state index in [4.69, 9.17) is 9.47 Å². The van der Waals surface area contributed by atoms with E-state index in [1.807, 2.05) is 6.92 Å². The second kappa shape index (κ2) is 10.1. The van der Waals surface area contributed by atoms with Crippen molar-refractivity contribution < 1.29 is 28.9 Å². The van der Waals surface area contributed by atoms with Gasteiger partial charge in [0.05, 0.1) is 23.7 Å². The van der Waals surface area contributed by atoms with Gasteiger partial charge in [-0.25, -0.2) is 9.88 Å². The molecule has 0 bridgehead atoms. The third kappa shape index (κ3) is 4.69. The zero-order chi connectivity index (χ0) is 25.1. The average Bonchev–Trinajstić information content (AvgIpc) is 2.82. The van der Waals surface area contributed by atoms with Crippen molar-refractivity contribution in [3.05, 3.63) is 60.7 Å². The highest BCUT2D eigenvalue weighted by molar-refractivity contribution is 7.99. The van der Waals surface area contributed by atoms with Gasteiger partial charge >= 0.3 is 5.97 Å². The Morgan fingerprint density at radius 2 is 2.00 bits per heavy atom. The van der Waals surface area contributed by atoms with E-state index in [0.717, 1.165) is 0 Å². The molecule has 10 heteroatoms. The number of benzene rings is 2. The van der Waals surface area contributed by atoms with E-state index in [9.17, 15) is 14.7 Å². The summed E-state index contributed by atoms with van der Waals surface area (Å²) in [6.07, 6.45) is 0.890. The summed E-state index contributed by atoms with van der Waals surface area (Å²) in [4.78, 5) is 30.3. The van der Waals surface area contributed by atoms with Crippen LogP contribution < -0.4 is 24.2 Å². The Bertz CT molecular complexity index is 1310. The number of anilines is 1. The second-order valence-corrected chi connectivity index (χ2v) is 8.59. The number of thioether (sulfide) groups is 1. The lowest BCUT2D eigenvalue weighted by Crippen LogP contribution is -2.58. The third-order valence-corrected chi connectivity index (χ3v) is 6.04. The molecule has 0 radical (unpaired) electrons. The largest absolute Gasteiger partial charge is 0.854 e. The van der Waals surface area contributed by atoms with Crippen LogP contribution in [0.1, 0.15) is 32.5 Å². The Hall–Kier alpha value is -3.92. The van der Waals surface area contributed by atoms with Gasteiger partial charge < -0.3 is 14.6 Å². The standard InChI is InChI=1S/C25H24N4O5S/c1-5-13-35-25-26-23(32)22-18-9-7-8-10-19(18)28(15(3)30)24(29(22)27-25)17-11-12-20(34-16(4)31)21(14-17)33-6-2/h5,7-12,14,24H,1,6,13H2,2-4H3. The van der Waals surface area contributed by atoms with Crippen molar-refractivity contribution in [1.82, 2.24) is 10.1 Å². The monoisotopic (exact) mass is 492 g/mol. The van der Waals surface area contributed by atoms with Gasteiger partial charge in [0.2, 0.25) is 5.91 Å². The van der Waals surface area contributed by atoms with Crippen LogP contribution in [0, 0.1) is 0 Å². The number of ether oxygens (including phenoxy) is 2. The van der Waals surface area contributed by atoms with Crippen LogP contribution in [0.3, 0.4) is 0 Å². The zero-order valence-electron chi connectivity index (χ0n) is 19.6. The SMILES string of the molecule is C=CCSc1nc([O-])c2[n+](n1)C(c1ccc(OC(C)=O)c(OCC)c1)N(C(C)=O)c1ccccc1-2. The second-order valence-electron chi connectivity index (χ2n) is 7.61. The summed E-state index contributed by atoms with van der Waals surface area (Å²) in [5.74, 6) is -0.0661. The number of rotatable bonds is 7. The smallest absolute Gasteiger partial charge is 0.308 e. The molecule has 0 aliphatic carbocycles. The van der Waals surface area contributed by atoms with Crippen molar-refractivity contribution in [2.45, 2.75) is 32.1 Å². The molecule has 0 N–H and O–H groups in total. The molecule has 9 nitrogen and oxygen atoms in total. The Morgan fingerprint density at radius 3 is 2.69 bits per heavy atom. The Labute approximate surface area is 207 Å². The molecular weight excluding hydrogens is 468 g/mol. The van der Waals surface area contributed by atoms with Crippen LogP contribution >= 0.6 is 11.8 Å². The summed E-state index contributed by atoms with van der Waals surface area (Å²) in [6, 6.07) is 12.2. The zero-order valence-corrected chi connectivity index (χ0v) is 20.4. The number of carbonyl (C=O) groups excluding carboxylic acids is 2. The summed E-state index contributed by atoms with van der Waals surface area (Å²) < 4.78 is 12.5. The molecule has 0 spiro atoms. The molecule has 1 aliphatic rings. The van der Waals surface area contributed by atoms with Crippen molar-refractivity contribution in [3.8, 4) is 28.6 Å². The van der Waals surface area contributed by atoms with Crippen LogP contribution in [0.15, 0.2) is 60.3 Å². The number of esters is 1. The molecule has 3 aromatic rings. The Kier molecular flexibility index (Phi) is 7.02. The van der Waals surface area contributed by atoms with Crippen LogP contribution in [-0.4, -0.2) is 34.3 Å². The van der Waals surface area contributed by atoms with E-state index >= 15 is 0 Å². The van der Waals surface area contributed by atoms with E-state index in [0.29, 0.717) is 34.9 Å². The number of nitrogens with zero attached hydrogens (tertiary/aromatic N) is 4. The number of hydrogen-bond donors (Lipinski definition) is 0. The number of aromatic nitrogens is 3. The van der Waals surface area contributed by atoms with Crippen LogP contribution in [-0.2, 0) is 9.59 Å². The summed E-state index contributed by atoms with van der Waals surface area (Å²) >= 11 is 1.27. The fourth-order valence-electron chi connectivity index (χ4n) is 3.96. The van der Waals surface area contributed by atoms with Gasteiger partial charge in [0.1, 0.15) is 0 Å². The van der Waals surface area contributed by atoms with Gasteiger partial charge in [-0.1, -0.05) is 34.7 Å². The van der Waals surface area contributed by atoms with Gasteiger partial charge in [0.25, 0.3) is 17.0 Å². The topological polar surface area (TPSA) is 109 Å². The quantitative estimate of drug-likeness (QED) is 0.163. The summed E-state index contributed by atoms with van der Waals surface area (Å²) in [5.41, 5.74) is 2.01. The molecule has 0 saturated heterocycles. The predicted molar refractivity (Wildman–Crippen MR) is 128 cm³/mol. The molecule has 1 atom stereocenters. The third-order valence-electron chi connectivity index (χ3n) is 5.21. The van der Waals surface area contributed by atoms with Gasteiger partial charge in [-0.15, -0.1) is 6.58 Å². The first-order valence-corrected chi connectivity index (χ1v) is 11.9. The van der Waals surface area contributed by atoms with Crippen LogP contribution in [0.4, 0.5) is 5.69 Å². The molecule has 0 fully saturated rings. The number of amides is 1. The maximum Gasteiger partial charge on any atom is 0.308 e. The van der Waals surface area contributed by atoms with Gasteiger partial charge in [-0.3, -0.25) is 9.59 Å². The van der Waals surface area contributed by atoms with E-state index in [1.165, 1.54) is 30.3 Å². The fraction of sp³-hybridized carbons (Fsp3) is 0.240. The molecule has 2 aromatic carbocycles. The van der Waals surface area contributed by atoms with Gasteiger partial charge in [-0.2, -0.15) is 0 Å². The minimum atomic E-state index is -0.804. The molecule has 35 heavy (non-hydrogen) atoms. The first-order chi connectivity index (χ1) is 16.8. The molecule has 1 amide bonds. The molecular formula is C25H24N4O5S. The van der Waals surface area contributed by atoms with Crippen LogP contribution in [0.5, 0.6) is 17.4 Å². The highest BCUT2D eigenvalue weighted by Crippen LogP contribution is 2.42. The Morgan fingerprint density at radius 1 is 1.23 bits per heavy atom. The van der Waals surface area contributed by atoms with E-state index < -0.39 is 18.0 Å². The normalized spacial score (nSPS) is 14.0. The van der Waals surface area contributed by atoms with Crippen molar-refractivity contribution >= 4 is 29.3 Å². The minimum Gasteiger partial charge on any atom is -0.854 e. The van der Waals surface area contributed by atoms with Gasteiger partial charge in [-0.05, 0) is 37.3 Å². The van der Waals surface area contributed by atoms with Crippen molar-refractivity contribution in [1.29, 1.82) is 0 Å². The first-order valence-electron chi connectivity index (χ1n) is 10.9. The van der Waals surface area contributed by atoms with E-state index in [1.54, 1.807) is 53.4 Å². The lowest BCUT2D eigenvalue weighted by Gasteiger charge is -2.33. The molecule has 1 unspecified atom stereocenters. The number of carbonyl (C=O) groups is 2. The lowest BCUT2D eigenvalue weighted by atomic mass is 10.0. The van der Waals surface area contributed by atoms with Crippen LogP contribution in [0.2, 0.25) is 0 Å². The minimum absolute atomic E-state index is 0.242. The highest BCUT2D eigenvalue weighted by atomic mass is 32.2. The maximum absolute atomic E-state index is 13.2. The highest BCUT2D eigenvalue weighted by Gasteiger charge is 2.44.